The first-order valence-electron chi connectivity index (χ1n) is 11.8. The number of benzene rings is 3. The van der Waals surface area contributed by atoms with Gasteiger partial charge in [-0.3, -0.25) is 9.59 Å². The molecule has 4 nitrogen and oxygen atoms in total. The van der Waals surface area contributed by atoms with Gasteiger partial charge in [0.05, 0.1) is 17.4 Å². The Bertz CT molecular complexity index is 1430. The first-order valence-corrected chi connectivity index (χ1v) is 12.7. The molecule has 2 heterocycles. The van der Waals surface area contributed by atoms with E-state index in [1.54, 1.807) is 11.3 Å². The van der Waals surface area contributed by atoms with Crippen LogP contribution in [0.1, 0.15) is 51.2 Å². The van der Waals surface area contributed by atoms with Gasteiger partial charge in [0.15, 0.2) is 11.6 Å². The monoisotopic (exact) mass is 476 g/mol. The highest BCUT2D eigenvalue weighted by molar-refractivity contribution is 7.10. The fourth-order valence-corrected chi connectivity index (χ4v) is 5.86. The molecule has 2 atom stereocenters. The van der Waals surface area contributed by atoms with Crippen LogP contribution in [0.15, 0.2) is 108 Å². The number of carbonyl (C=O) groups is 2. The highest BCUT2D eigenvalue weighted by Crippen LogP contribution is 2.45. The number of nitrogens with one attached hydrogen (secondary N) is 2. The van der Waals surface area contributed by atoms with Gasteiger partial charge in [-0.2, -0.15) is 0 Å². The van der Waals surface area contributed by atoms with Gasteiger partial charge < -0.3 is 10.6 Å². The Morgan fingerprint density at radius 3 is 2.31 bits per heavy atom. The van der Waals surface area contributed by atoms with Gasteiger partial charge in [0.1, 0.15) is 0 Å². The largest absolute Gasteiger partial charge is 0.372 e. The molecule has 1 aliphatic heterocycles. The van der Waals surface area contributed by atoms with Crippen LogP contribution in [-0.2, 0) is 4.79 Å². The smallest absolute Gasteiger partial charge is 0.193 e. The van der Waals surface area contributed by atoms with Crippen molar-refractivity contribution in [3.05, 3.63) is 129 Å². The number of hydrogen-bond acceptors (Lipinski definition) is 5. The number of hydrogen-bond donors (Lipinski definition) is 2. The van der Waals surface area contributed by atoms with Crippen molar-refractivity contribution in [3.8, 4) is 0 Å². The number of Topliss-reactive ketones (excluding diaryl/α,β-unsaturated/α-hetero) is 1. The van der Waals surface area contributed by atoms with Crippen LogP contribution in [0.2, 0.25) is 0 Å². The summed E-state index contributed by atoms with van der Waals surface area (Å²) in [5.74, 6) is 0.256. The van der Waals surface area contributed by atoms with E-state index in [0.717, 1.165) is 33.9 Å². The zero-order valence-corrected chi connectivity index (χ0v) is 19.8. The molecule has 172 valence electrons. The summed E-state index contributed by atoms with van der Waals surface area (Å²) in [5.41, 5.74) is 5.87. The van der Waals surface area contributed by atoms with Crippen molar-refractivity contribution in [1.29, 1.82) is 0 Å². The minimum absolute atomic E-state index is 0.0228. The van der Waals surface area contributed by atoms with Crippen LogP contribution in [0.25, 0.3) is 0 Å². The Morgan fingerprint density at radius 1 is 0.800 bits per heavy atom. The van der Waals surface area contributed by atoms with E-state index in [4.69, 9.17) is 0 Å². The lowest BCUT2D eigenvalue weighted by Crippen LogP contribution is -2.26. The molecule has 0 saturated carbocycles. The molecule has 0 spiro atoms. The molecule has 6 rings (SSSR count). The van der Waals surface area contributed by atoms with Gasteiger partial charge in [0, 0.05) is 33.7 Å². The van der Waals surface area contributed by atoms with Crippen molar-refractivity contribution in [2.45, 2.75) is 24.8 Å². The average Bonchev–Trinajstić information content (AvgIpc) is 3.38. The summed E-state index contributed by atoms with van der Waals surface area (Å²) >= 11 is 1.64. The van der Waals surface area contributed by atoms with Crippen molar-refractivity contribution >= 4 is 34.3 Å². The highest BCUT2D eigenvalue weighted by Gasteiger charge is 2.36. The summed E-state index contributed by atoms with van der Waals surface area (Å²) in [6.45, 7) is 0. The van der Waals surface area contributed by atoms with Crippen LogP contribution in [0.5, 0.6) is 0 Å². The topological polar surface area (TPSA) is 58.2 Å². The zero-order chi connectivity index (χ0) is 23.8. The molecule has 0 amide bonds. The zero-order valence-electron chi connectivity index (χ0n) is 19.0. The normalized spacial score (nSPS) is 19.1. The molecule has 2 aliphatic rings. The van der Waals surface area contributed by atoms with Crippen molar-refractivity contribution in [1.82, 2.24) is 0 Å². The molecule has 4 aromatic rings. The Hall–Kier alpha value is -3.96. The van der Waals surface area contributed by atoms with Gasteiger partial charge in [0.25, 0.3) is 0 Å². The van der Waals surface area contributed by atoms with Gasteiger partial charge in [-0.1, -0.05) is 66.7 Å². The first-order chi connectivity index (χ1) is 17.2. The van der Waals surface area contributed by atoms with Crippen molar-refractivity contribution in [3.63, 3.8) is 0 Å². The van der Waals surface area contributed by atoms with Crippen LogP contribution < -0.4 is 10.6 Å². The van der Waals surface area contributed by atoms with Crippen molar-refractivity contribution in [2.75, 3.05) is 10.6 Å². The molecule has 35 heavy (non-hydrogen) atoms. The number of carbonyl (C=O) groups excluding carboxylic acids is 2. The van der Waals surface area contributed by atoms with Crippen molar-refractivity contribution in [2.24, 2.45) is 0 Å². The van der Waals surface area contributed by atoms with Crippen LogP contribution in [-0.4, -0.2) is 11.6 Å². The molecule has 2 N–H and O–H groups in total. The maximum Gasteiger partial charge on any atom is 0.193 e. The van der Waals surface area contributed by atoms with E-state index in [-0.39, 0.29) is 23.5 Å². The quantitative estimate of drug-likeness (QED) is 0.313. The molecular weight excluding hydrogens is 452 g/mol. The average molecular weight is 477 g/mol. The third-order valence-corrected chi connectivity index (χ3v) is 7.74. The number of thiophene rings is 1. The van der Waals surface area contributed by atoms with Gasteiger partial charge >= 0.3 is 0 Å². The maximum absolute atomic E-state index is 13.6. The Kier molecular flexibility index (Phi) is 5.55. The van der Waals surface area contributed by atoms with E-state index in [2.05, 4.69) is 28.8 Å². The number of fused-ring (bicyclic) bond motifs is 1. The lowest BCUT2D eigenvalue weighted by atomic mass is 9.79. The Balaban J connectivity index is 1.42. The third-order valence-electron chi connectivity index (χ3n) is 6.80. The lowest BCUT2D eigenvalue weighted by Gasteiger charge is -2.29. The van der Waals surface area contributed by atoms with E-state index in [1.165, 1.54) is 5.56 Å². The predicted octanol–water partition coefficient (Wildman–Crippen LogP) is 6.96. The van der Waals surface area contributed by atoms with Gasteiger partial charge in [-0.25, -0.2) is 0 Å². The maximum atomic E-state index is 13.6. The van der Waals surface area contributed by atoms with Crippen molar-refractivity contribution < 1.29 is 9.59 Å². The van der Waals surface area contributed by atoms with E-state index < -0.39 is 0 Å². The standard InChI is InChI=1S/C30H24N2O2S/c33-26-18-22(19-8-3-1-4-9-19)17-25-28(26)29(27-12-7-15-35-27)32-23-14-13-21(16-24(23)31-25)30(34)20-10-5-2-6-11-20/h1-16,22,29,31-32H,17-18H2/t22-,29-/m1/s1. The molecular formula is C30H24N2O2S. The highest BCUT2D eigenvalue weighted by atomic mass is 32.1. The van der Waals surface area contributed by atoms with Gasteiger partial charge in [-0.15, -0.1) is 11.3 Å². The van der Waals surface area contributed by atoms with Crippen LogP contribution in [0.3, 0.4) is 0 Å². The molecule has 0 radical (unpaired) electrons. The molecule has 0 unspecified atom stereocenters. The SMILES string of the molecule is O=C1C[C@H](c2ccccc2)CC2=C1[C@@H](c1cccs1)Nc1ccc(C(=O)c3ccccc3)cc1N2. The summed E-state index contributed by atoms with van der Waals surface area (Å²) in [7, 11) is 0. The lowest BCUT2D eigenvalue weighted by molar-refractivity contribution is -0.116. The van der Waals surface area contributed by atoms with E-state index in [0.29, 0.717) is 17.5 Å². The number of anilines is 2. The molecule has 1 aliphatic carbocycles. The number of rotatable bonds is 4. The van der Waals surface area contributed by atoms with Crippen LogP contribution in [0.4, 0.5) is 11.4 Å². The second-order valence-electron chi connectivity index (χ2n) is 9.00. The molecule has 3 aromatic carbocycles. The van der Waals surface area contributed by atoms with Gasteiger partial charge in [-0.05, 0) is 47.5 Å². The summed E-state index contributed by atoms with van der Waals surface area (Å²) in [6.07, 6.45) is 1.23. The number of allylic oxidation sites excluding steroid dienone is 1. The Morgan fingerprint density at radius 2 is 1.57 bits per heavy atom. The molecule has 5 heteroatoms. The minimum Gasteiger partial charge on any atom is -0.372 e. The summed E-state index contributed by atoms with van der Waals surface area (Å²) in [4.78, 5) is 27.8. The second kappa shape index (κ2) is 9.01. The predicted molar refractivity (Wildman–Crippen MR) is 141 cm³/mol. The molecule has 0 saturated heterocycles. The fraction of sp³-hybridized carbons (Fsp3) is 0.133. The molecule has 0 bridgehead atoms. The second-order valence-corrected chi connectivity index (χ2v) is 9.98. The fourth-order valence-electron chi connectivity index (χ4n) is 5.08. The van der Waals surface area contributed by atoms with E-state index >= 15 is 0 Å². The summed E-state index contributed by atoms with van der Waals surface area (Å²) in [5, 5.41) is 9.23. The first kappa shape index (κ1) is 21.6. The van der Waals surface area contributed by atoms with E-state index in [9.17, 15) is 9.59 Å². The summed E-state index contributed by atoms with van der Waals surface area (Å²) in [6, 6.07) is 29.1. The van der Waals surface area contributed by atoms with Crippen LogP contribution in [0, 0.1) is 0 Å². The molecule has 0 fully saturated rings. The minimum atomic E-state index is -0.223. The summed E-state index contributed by atoms with van der Waals surface area (Å²) < 4.78 is 0. The Labute approximate surface area is 208 Å². The number of ketones is 2. The van der Waals surface area contributed by atoms with Crippen LogP contribution >= 0.6 is 11.3 Å². The van der Waals surface area contributed by atoms with E-state index in [1.807, 2.05) is 78.2 Å². The third kappa shape index (κ3) is 4.08. The molecule has 1 aromatic heterocycles. The van der Waals surface area contributed by atoms with Gasteiger partial charge in [0.2, 0.25) is 0 Å².